The third-order valence-corrected chi connectivity index (χ3v) is 5.54. The molecule has 0 radical (unpaired) electrons. The summed E-state index contributed by atoms with van der Waals surface area (Å²) in [7, 11) is 1.57. The number of amides is 2. The summed E-state index contributed by atoms with van der Waals surface area (Å²) in [5.74, 6) is -0.865. The third kappa shape index (κ3) is 5.42. The largest absolute Gasteiger partial charge is 0.383 e. The zero-order chi connectivity index (χ0) is 20.8. The summed E-state index contributed by atoms with van der Waals surface area (Å²) in [4.78, 5) is 31.5. The lowest BCUT2D eigenvalue weighted by Crippen LogP contribution is -2.35. The first-order valence-corrected chi connectivity index (χ1v) is 10.0. The topological polar surface area (TPSA) is 71.0 Å². The number of para-hydroxylation sites is 1. The van der Waals surface area contributed by atoms with Crippen molar-refractivity contribution in [3.8, 4) is 0 Å². The number of hydrogen-bond acceptors (Lipinski definition) is 5. The molecule has 0 unspecified atom stereocenters. The van der Waals surface area contributed by atoms with Crippen LogP contribution in [0.1, 0.15) is 12.0 Å². The van der Waals surface area contributed by atoms with Gasteiger partial charge in [0, 0.05) is 19.2 Å². The van der Waals surface area contributed by atoms with Crippen LogP contribution < -0.4 is 5.32 Å². The fourth-order valence-electron chi connectivity index (χ4n) is 2.82. The Hall–Kier alpha value is -2.71. The summed E-state index contributed by atoms with van der Waals surface area (Å²) in [5, 5.41) is 2.68. The van der Waals surface area contributed by atoms with Gasteiger partial charge in [-0.3, -0.25) is 14.5 Å². The normalized spacial score (nSPS) is 17.8. The fourth-order valence-corrected chi connectivity index (χ4v) is 4.00. The van der Waals surface area contributed by atoms with Gasteiger partial charge in [0.05, 0.1) is 18.8 Å². The zero-order valence-corrected chi connectivity index (χ0v) is 17.0. The van der Waals surface area contributed by atoms with E-state index in [4.69, 9.17) is 4.74 Å². The van der Waals surface area contributed by atoms with E-state index in [2.05, 4.69) is 10.3 Å². The van der Waals surface area contributed by atoms with Gasteiger partial charge >= 0.3 is 0 Å². The Labute approximate surface area is 173 Å². The van der Waals surface area contributed by atoms with E-state index in [9.17, 15) is 14.0 Å². The van der Waals surface area contributed by atoms with Crippen LogP contribution in [0.15, 0.2) is 53.5 Å². The van der Waals surface area contributed by atoms with Gasteiger partial charge in [-0.1, -0.05) is 30.0 Å². The van der Waals surface area contributed by atoms with Crippen LogP contribution in [0.2, 0.25) is 0 Å². The van der Waals surface area contributed by atoms with Crippen LogP contribution in [-0.4, -0.2) is 47.4 Å². The number of benzene rings is 2. The smallest absolute Gasteiger partial charge is 0.242 e. The van der Waals surface area contributed by atoms with E-state index in [-0.39, 0.29) is 24.1 Å². The number of hydrogen-bond donors (Lipinski definition) is 1. The monoisotopic (exact) mass is 415 g/mol. The highest BCUT2D eigenvalue weighted by Crippen LogP contribution is 2.32. The summed E-state index contributed by atoms with van der Waals surface area (Å²) in [5.41, 5.74) is 2.26. The molecule has 1 fully saturated rings. The molecule has 0 aromatic heterocycles. The first-order valence-electron chi connectivity index (χ1n) is 9.14. The second-order valence-corrected chi connectivity index (χ2v) is 7.70. The minimum absolute atomic E-state index is 0.00283. The van der Waals surface area contributed by atoms with Gasteiger partial charge in [-0.05, 0) is 42.8 Å². The predicted octanol–water partition coefficient (Wildman–Crippen LogP) is 3.74. The third-order valence-electron chi connectivity index (χ3n) is 4.37. The maximum Gasteiger partial charge on any atom is 0.242 e. The van der Waals surface area contributed by atoms with Crippen molar-refractivity contribution in [2.75, 3.05) is 25.6 Å². The summed E-state index contributed by atoms with van der Waals surface area (Å²) in [6.45, 7) is 2.69. The number of amidine groups is 1. The standard InChI is InChI=1S/C21H22FN3O3S/c1-14-5-3-4-6-17(14)24-21-25(11-12-28-2)20(27)18(29-21)13-19(26)23-16-9-7-15(22)8-10-16/h3-10,18H,11-13H2,1-2H3,(H,23,26)/t18-/m0/s1. The number of nitrogens with one attached hydrogen (secondary N) is 1. The lowest BCUT2D eigenvalue weighted by molar-refractivity contribution is -0.128. The van der Waals surface area contributed by atoms with Crippen LogP contribution in [0.4, 0.5) is 15.8 Å². The van der Waals surface area contributed by atoms with Gasteiger partial charge in [-0.2, -0.15) is 0 Å². The van der Waals surface area contributed by atoms with E-state index < -0.39 is 5.25 Å². The van der Waals surface area contributed by atoms with Crippen LogP contribution in [0.3, 0.4) is 0 Å². The van der Waals surface area contributed by atoms with Crippen molar-refractivity contribution in [2.45, 2.75) is 18.6 Å². The fraction of sp³-hybridized carbons (Fsp3) is 0.286. The molecule has 0 aliphatic carbocycles. The molecule has 6 nitrogen and oxygen atoms in total. The molecule has 1 aliphatic rings. The number of rotatable bonds is 7. The Morgan fingerprint density at radius 2 is 1.97 bits per heavy atom. The number of anilines is 1. The van der Waals surface area contributed by atoms with Crippen LogP contribution in [-0.2, 0) is 14.3 Å². The molecule has 1 aliphatic heterocycles. The predicted molar refractivity (Wildman–Crippen MR) is 113 cm³/mol. The Balaban J connectivity index is 1.74. The van der Waals surface area contributed by atoms with Gasteiger partial charge in [0.1, 0.15) is 11.1 Å². The first kappa shape index (κ1) is 21.0. The van der Waals surface area contributed by atoms with E-state index in [0.717, 1.165) is 11.3 Å². The molecule has 3 rings (SSSR count). The van der Waals surface area contributed by atoms with Gasteiger partial charge in [0.2, 0.25) is 11.8 Å². The number of aryl methyl sites for hydroxylation is 1. The number of carbonyl (C=O) groups is 2. The minimum atomic E-state index is -0.574. The van der Waals surface area contributed by atoms with Crippen molar-refractivity contribution in [1.29, 1.82) is 0 Å². The van der Waals surface area contributed by atoms with E-state index in [1.165, 1.54) is 36.0 Å². The van der Waals surface area contributed by atoms with Gasteiger partial charge in [0.25, 0.3) is 0 Å². The maximum atomic E-state index is 13.0. The molecular weight excluding hydrogens is 393 g/mol. The molecule has 29 heavy (non-hydrogen) atoms. The minimum Gasteiger partial charge on any atom is -0.383 e. The first-order chi connectivity index (χ1) is 14.0. The van der Waals surface area contributed by atoms with Crippen molar-refractivity contribution in [3.63, 3.8) is 0 Å². The highest BCUT2D eigenvalue weighted by molar-refractivity contribution is 8.15. The summed E-state index contributed by atoms with van der Waals surface area (Å²) < 4.78 is 18.1. The van der Waals surface area contributed by atoms with Gasteiger partial charge in [0.15, 0.2) is 5.17 Å². The molecule has 1 N–H and O–H groups in total. The molecule has 2 aromatic carbocycles. The van der Waals surface area contributed by atoms with E-state index >= 15 is 0 Å². The van der Waals surface area contributed by atoms with E-state index in [0.29, 0.717) is 24.0 Å². The van der Waals surface area contributed by atoms with Crippen LogP contribution in [0.25, 0.3) is 0 Å². The Kier molecular flexibility index (Phi) is 7.00. The van der Waals surface area contributed by atoms with Crippen molar-refractivity contribution in [2.24, 2.45) is 4.99 Å². The summed E-state index contributed by atoms with van der Waals surface area (Å²) in [6.07, 6.45) is -0.00283. The molecule has 1 heterocycles. The van der Waals surface area contributed by atoms with Gasteiger partial charge < -0.3 is 10.1 Å². The van der Waals surface area contributed by atoms with Gasteiger partial charge in [-0.15, -0.1) is 0 Å². The molecule has 2 aromatic rings. The quantitative estimate of drug-likeness (QED) is 0.748. The van der Waals surface area contributed by atoms with E-state index in [1.54, 1.807) is 12.0 Å². The van der Waals surface area contributed by atoms with Crippen molar-refractivity contribution in [3.05, 3.63) is 59.9 Å². The molecule has 2 amide bonds. The Bertz CT molecular complexity index is 918. The Morgan fingerprint density at radius 1 is 1.24 bits per heavy atom. The molecule has 8 heteroatoms. The van der Waals surface area contributed by atoms with E-state index in [1.807, 2.05) is 31.2 Å². The van der Waals surface area contributed by atoms with Crippen LogP contribution >= 0.6 is 11.8 Å². The van der Waals surface area contributed by atoms with Crippen molar-refractivity contribution < 1.29 is 18.7 Å². The van der Waals surface area contributed by atoms with Crippen molar-refractivity contribution >= 4 is 40.1 Å². The number of methoxy groups -OCH3 is 1. The second-order valence-electron chi connectivity index (χ2n) is 6.53. The second kappa shape index (κ2) is 9.67. The number of aliphatic imine (C=N–C) groups is 1. The molecule has 0 saturated carbocycles. The Morgan fingerprint density at radius 3 is 2.66 bits per heavy atom. The van der Waals surface area contributed by atoms with Gasteiger partial charge in [-0.25, -0.2) is 9.38 Å². The SMILES string of the molecule is COCCN1C(=O)[C@H](CC(=O)Nc2ccc(F)cc2)SC1=Nc1ccccc1C. The molecular formula is C21H22FN3O3S. The highest BCUT2D eigenvalue weighted by atomic mass is 32.2. The number of carbonyl (C=O) groups excluding carboxylic acids is 2. The maximum absolute atomic E-state index is 13.0. The molecule has 0 bridgehead atoms. The highest BCUT2D eigenvalue weighted by Gasteiger charge is 2.39. The number of halogens is 1. The lowest BCUT2D eigenvalue weighted by Gasteiger charge is -2.16. The molecule has 152 valence electrons. The average molecular weight is 415 g/mol. The number of ether oxygens (including phenoxy) is 1. The molecule has 1 atom stereocenters. The lowest BCUT2D eigenvalue weighted by atomic mass is 10.2. The van der Waals surface area contributed by atoms with Crippen LogP contribution in [0.5, 0.6) is 0 Å². The average Bonchev–Trinajstić information content (AvgIpc) is 2.98. The zero-order valence-electron chi connectivity index (χ0n) is 16.2. The number of nitrogens with zero attached hydrogens (tertiary/aromatic N) is 2. The molecule has 1 saturated heterocycles. The summed E-state index contributed by atoms with van der Waals surface area (Å²) in [6, 6.07) is 13.2. The summed E-state index contributed by atoms with van der Waals surface area (Å²) >= 11 is 1.27. The number of thioether (sulfide) groups is 1. The molecule has 0 spiro atoms. The van der Waals surface area contributed by atoms with Crippen molar-refractivity contribution in [1.82, 2.24) is 4.90 Å². The van der Waals surface area contributed by atoms with Crippen LogP contribution in [0, 0.1) is 12.7 Å².